The fourth-order valence-electron chi connectivity index (χ4n) is 3.70. The lowest BCUT2D eigenvalue weighted by Crippen LogP contribution is -2.52. The lowest BCUT2D eigenvalue weighted by Gasteiger charge is -2.36. The molecule has 2 aliphatic rings. The Morgan fingerprint density at radius 2 is 2.16 bits per heavy atom. The highest BCUT2D eigenvalue weighted by Crippen LogP contribution is 2.37. The molecule has 110 valence electrons. The summed E-state index contributed by atoms with van der Waals surface area (Å²) in [6.07, 6.45) is 5.75. The van der Waals surface area contributed by atoms with Crippen molar-refractivity contribution in [3.8, 4) is 0 Å². The minimum atomic E-state index is -0.649. The Morgan fingerprint density at radius 3 is 2.68 bits per heavy atom. The van der Waals surface area contributed by atoms with Crippen LogP contribution in [0.2, 0.25) is 0 Å². The molecule has 0 radical (unpaired) electrons. The Hall–Kier alpha value is -0.610. The molecule has 0 bridgehead atoms. The van der Waals surface area contributed by atoms with Crippen molar-refractivity contribution in [3.05, 3.63) is 0 Å². The number of carboxylic acid groups (broad SMARTS) is 1. The molecule has 0 amide bonds. The lowest BCUT2D eigenvalue weighted by atomic mass is 9.90. The van der Waals surface area contributed by atoms with Crippen LogP contribution >= 0.6 is 0 Å². The van der Waals surface area contributed by atoms with Crippen molar-refractivity contribution < 1.29 is 14.6 Å². The summed E-state index contributed by atoms with van der Waals surface area (Å²) in [7, 11) is 0. The molecule has 0 spiro atoms. The number of carboxylic acids is 1. The maximum absolute atomic E-state index is 11.7. The molecule has 4 heteroatoms. The van der Waals surface area contributed by atoms with Gasteiger partial charge < -0.3 is 9.84 Å². The van der Waals surface area contributed by atoms with Gasteiger partial charge in [0.1, 0.15) is 5.54 Å². The van der Waals surface area contributed by atoms with Crippen molar-refractivity contribution in [2.75, 3.05) is 13.1 Å². The van der Waals surface area contributed by atoms with E-state index in [0.29, 0.717) is 0 Å². The smallest absolute Gasteiger partial charge is 0.324 e. The summed E-state index contributed by atoms with van der Waals surface area (Å²) in [4.78, 5) is 13.9. The minimum absolute atomic E-state index is 0.0406. The quantitative estimate of drug-likeness (QED) is 0.833. The van der Waals surface area contributed by atoms with Gasteiger partial charge in [-0.1, -0.05) is 13.3 Å². The standard InChI is InChI=1S/C15H27NO3/c1-4-7-15(13(17)18)8-5-10-16(15)11-12-6-9-14(2,3)19-12/h12H,4-11H2,1-3H3,(H,17,18). The topological polar surface area (TPSA) is 49.8 Å². The Balaban J connectivity index is 2.04. The van der Waals surface area contributed by atoms with Crippen LogP contribution in [0.15, 0.2) is 0 Å². The van der Waals surface area contributed by atoms with Gasteiger partial charge in [-0.05, 0) is 52.5 Å². The van der Waals surface area contributed by atoms with E-state index in [1.54, 1.807) is 0 Å². The first-order valence-electron chi connectivity index (χ1n) is 7.56. The van der Waals surface area contributed by atoms with Crippen LogP contribution in [0.1, 0.15) is 59.3 Å². The van der Waals surface area contributed by atoms with Crippen LogP contribution in [0.25, 0.3) is 0 Å². The van der Waals surface area contributed by atoms with E-state index in [9.17, 15) is 9.90 Å². The molecule has 0 aliphatic carbocycles. The molecule has 0 aromatic carbocycles. The van der Waals surface area contributed by atoms with E-state index in [0.717, 1.165) is 51.6 Å². The van der Waals surface area contributed by atoms with Gasteiger partial charge in [-0.3, -0.25) is 9.69 Å². The summed E-state index contributed by atoms with van der Waals surface area (Å²) in [5.41, 5.74) is -0.675. The van der Waals surface area contributed by atoms with E-state index in [4.69, 9.17) is 4.74 Å². The molecule has 0 saturated carbocycles. The first-order valence-corrected chi connectivity index (χ1v) is 7.56. The van der Waals surface area contributed by atoms with Crippen molar-refractivity contribution in [3.63, 3.8) is 0 Å². The van der Waals surface area contributed by atoms with Crippen LogP contribution in [-0.2, 0) is 9.53 Å². The van der Waals surface area contributed by atoms with Crippen molar-refractivity contribution in [2.45, 2.75) is 76.5 Å². The highest BCUT2D eigenvalue weighted by atomic mass is 16.5. The molecule has 2 fully saturated rings. The predicted molar refractivity (Wildman–Crippen MR) is 74.3 cm³/mol. The second kappa shape index (κ2) is 5.41. The van der Waals surface area contributed by atoms with Crippen LogP contribution in [0.5, 0.6) is 0 Å². The number of hydrogen-bond acceptors (Lipinski definition) is 3. The van der Waals surface area contributed by atoms with Gasteiger partial charge in [0.15, 0.2) is 0 Å². The molecule has 0 aromatic heterocycles. The molecule has 1 N–H and O–H groups in total. The van der Waals surface area contributed by atoms with Crippen LogP contribution < -0.4 is 0 Å². The second-order valence-electron chi connectivity index (χ2n) is 6.67. The summed E-state index contributed by atoms with van der Waals surface area (Å²) >= 11 is 0. The largest absolute Gasteiger partial charge is 0.480 e. The number of likely N-dealkylation sites (tertiary alicyclic amines) is 1. The first kappa shape index (κ1) is 14.8. The average molecular weight is 269 g/mol. The molecule has 2 heterocycles. The number of nitrogens with zero attached hydrogens (tertiary/aromatic N) is 1. The Morgan fingerprint density at radius 1 is 1.42 bits per heavy atom. The van der Waals surface area contributed by atoms with Crippen LogP contribution in [-0.4, -0.2) is 46.3 Å². The van der Waals surface area contributed by atoms with Crippen molar-refractivity contribution in [1.29, 1.82) is 0 Å². The first-order chi connectivity index (χ1) is 8.89. The number of carbonyl (C=O) groups is 1. The van der Waals surface area contributed by atoms with Gasteiger partial charge >= 0.3 is 5.97 Å². The molecule has 2 atom stereocenters. The van der Waals surface area contributed by atoms with Gasteiger partial charge in [0, 0.05) is 6.54 Å². The molecule has 2 saturated heterocycles. The summed E-state index contributed by atoms with van der Waals surface area (Å²) in [6, 6.07) is 0. The minimum Gasteiger partial charge on any atom is -0.480 e. The summed E-state index contributed by atoms with van der Waals surface area (Å²) in [6.45, 7) is 7.97. The van der Waals surface area contributed by atoms with Gasteiger partial charge in [-0.2, -0.15) is 0 Å². The van der Waals surface area contributed by atoms with E-state index in [2.05, 4.69) is 25.7 Å². The maximum atomic E-state index is 11.7. The number of rotatable bonds is 5. The number of aliphatic carboxylic acids is 1. The number of ether oxygens (including phenoxy) is 1. The van der Waals surface area contributed by atoms with Crippen molar-refractivity contribution >= 4 is 5.97 Å². The third-order valence-corrected chi connectivity index (χ3v) is 4.66. The normalized spacial score (nSPS) is 34.8. The molecule has 2 rings (SSSR count). The highest BCUT2D eigenvalue weighted by molar-refractivity contribution is 5.79. The third-order valence-electron chi connectivity index (χ3n) is 4.66. The summed E-state index contributed by atoms with van der Waals surface area (Å²) in [5.74, 6) is -0.649. The molecule has 2 unspecified atom stereocenters. The van der Waals surface area contributed by atoms with E-state index < -0.39 is 11.5 Å². The molecule has 0 aromatic rings. The molecular weight excluding hydrogens is 242 g/mol. The monoisotopic (exact) mass is 269 g/mol. The van der Waals surface area contributed by atoms with E-state index >= 15 is 0 Å². The number of hydrogen-bond donors (Lipinski definition) is 1. The van der Waals surface area contributed by atoms with Crippen LogP contribution in [0, 0.1) is 0 Å². The maximum Gasteiger partial charge on any atom is 0.324 e. The van der Waals surface area contributed by atoms with Gasteiger partial charge in [0.2, 0.25) is 0 Å². The zero-order valence-electron chi connectivity index (χ0n) is 12.4. The molecule has 4 nitrogen and oxygen atoms in total. The molecule has 19 heavy (non-hydrogen) atoms. The van der Waals surface area contributed by atoms with Gasteiger partial charge in [-0.15, -0.1) is 0 Å². The van der Waals surface area contributed by atoms with Gasteiger partial charge in [0.05, 0.1) is 11.7 Å². The Bertz CT molecular complexity index is 342. The zero-order chi connectivity index (χ0) is 14.1. The summed E-state index contributed by atoms with van der Waals surface area (Å²) in [5, 5.41) is 9.66. The molecular formula is C15H27NO3. The fraction of sp³-hybridized carbons (Fsp3) is 0.933. The fourth-order valence-corrected chi connectivity index (χ4v) is 3.70. The second-order valence-corrected chi connectivity index (χ2v) is 6.67. The van der Waals surface area contributed by atoms with Gasteiger partial charge in [-0.25, -0.2) is 0 Å². The summed E-state index contributed by atoms with van der Waals surface area (Å²) < 4.78 is 6.03. The van der Waals surface area contributed by atoms with E-state index in [1.165, 1.54) is 0 Å². The lowest BCUT2D eigenvalue weighted by molar-refractivity contribution is -0.151. The van der Waals surface area contributed by atoms with Gasteiger partial charge in [0.25, 0.3) is 0 Å². The van der Waals surface area contributed by atoms with E-state index in [-0.39, 0.29) is 11.7 Å². The van der Waals surface area contributed by atoms with Crippen molar-refractivity contribution in [2.24, 2.45) is 0 Å². The average Bonchev–Trinajstić information content (AvgIpc) is 2.85. The van der Waals surface area contributed by atoms with Crippen LogP contribution in [0.4, 0.5) is 0 Å². The molecule has 2 aliphatic heterocycles. The third kappa shape index (κ3) is 2.95. The van der Waals surface area contributed by atoms with E-state index in [1.807, 2.05) is 0 Å². The zero-order valence-corrected chi connectivity index (χ0v) is 12.4. The van der Waals surface area contributed by atoms with Crippen LogP contribution in [0.3, 0.4) is 0 Å². The predicted octanol–water partition coefficient (Wildman–Crippen LogP) is 2.66. The van der Waals surface area contributed by atoms with Crippen molar-refractivity contribution in [1.82, 2.24) is 4.90 Å². The SMILES string of the molecule is CCCC1(C(=O)O)CCCN1CC1CCC(C)(C)O1. The Labute approximate surface area is 116 Å². The Kier molecular flexibility index (Phi) is 4.21. The highest BCUT2D eigenvalue weighted by Gasteiger charge is 2.48.